The third kappa shape index (κ3) is 5.89. The minimum atomic E-state index is 0.296. The first-order valence-corrected chi connectivity index (χ1v) is 6.54. The first-order valence-electron chi connectivity index (χ1n) is 6.54. The fraction of sp³-hybridized carbons (Fsp3) is 0.714. The van der Waals surface area contributed by atoms with Gasteiger partial charge in [-0.2, -0.15) is 0 Å². The second-order valence-corrected chi connectivity index (χ2v) is 5.32. The highest BCUT2D eigenvalue weighted by Crippen LogP contribution is 2.14. The smallest absolute Gasteiger partial charge is 0.0434 e. The molecule has 1 heterocycles. The van der Waals surface area contributed by atoms with Gasteiger partial charge in [0.1, 0.15) is 0 Å². The van der Waals surface area contributed by atoms with Crippen molar-refractivity contribution >= 4 is 0 Å². The van der Waals surface area contributed by atoms with Crippen molar-refractivity contribution in [2.24, 2.45) is 18.9 Å². The Morgan fingerprint density at radius 3 is 2.71 bits per heavy atom. The number of aliphatic hydroxyl groups excluding tert-OH is 1. The molecule has 1 rings (SSSR count). The maximum Gasteiger partial charge on any atom is 0.0434 e. The second-order valence-electron chi connectivity index (χ2n) is 5.32. The number of aromatic nitrogens is 1. The van der Waals surface area contributed by atoms with Crippen LogP contribution in [-0.4, -0.2) is 22.8 Å². The van der Waals surface area contributed by atoms with Gasteiger partial charge in [0.2, 0.25) is 0 Å². The third-order valence-corrected chi connectivity index (χ3v) is 3.00. The summed E-state index contributed by atoms with van der Waals surface area (Å²) in [5.41, 5.74) is 1.32. The van der Waals surface area contributed by atoms with Gasteiger partial charge in [0.15, 0.2) is 0 Å². The van der Waals surface area contributed by atoms with E-state index in [0.29, 0.717) is 18.4 Å². The second kappa shape index (κ2) is 7.51. The van der Waals surface area contributed by atoms with E-state index in [1.807, 2.05) is 7.05 Å². The Hall–Kier alpha value is -0.800. The van der Waals surface area contributed by atoms with Crippen LogP contribution in [0, 0.1) is 11.8 Å². The monoisotopic (exact) mass is 238 g/mol. The molecule has 0 saturated heterocycles. The van der Waals surface area contributed by atoms with Crippen molar-refractivity contribution in [3.63, 3.8) is 0 Å². The lowest BCUT2D eigenvalue weighted by molar-refractivity contribution is 0.239. The topological polar surface area (TPSA) is 37.2 Å². The molecule has 98 valence electrons. The van der Waals surface area contributed by atoms with Crippen molar-refractivity contribution in [3.8, 4) is 0 Å². The lowest BCUT2D eigenvalue weighted by Crippen LogP contribution is -2.24. The van der Waals surface area contributed by atoms with Crippen LogP contribution in [-0.2, 0) is 13.6 Å². The molecule has 0 bridgehead atoms. The van der Waals surface area contributed by atoms with Crippen molar-refractivity contribution in [1.82, 2.24) is 9.88 Å². The largest absolute Gasteiger partial charge is 0.396 e. The van der Waals surface area contributed by atoms with Crippen LogP contribution >= 0.6 is 0 Å². The van der Waals surface area contributed by atoms with Gasteiger partial charge in [-0.15, -0.1) is 0 Å². The molecule has 3 heteroatoms. The molecule has 0 aliphatic carbocycles. The normalized spacial score (nSPS) is 13.2. The van der Waals surface area contributed by atoms with Crippen LogP contribution in [0.4, 0.5) is 0 Å². The summed E-state index contributed by atoms with van der Waals surface area (Å²) in [7, 11) is 2.04. The van der Waals surface area contributed by atoms with Crippen LogP contribution < -0.4 is 5.32 Å². The summed E-state index contributed by atoms with van der Waals surface area (Å²) in [4.78, 5) is 0. The Bertz CT molecular complexity index is 307. The van der Waals surface area contributed by atoms with E-state index in [1.54, 1.807) is 0 Å². The van der Waals surface area contributed by atoms with Crippen molar-refractivity contribution in [1.29, 1.82) is 0 Å². The Kier molecular flexibility index (Phi) is 6.30. The Balaban J connectivity index is 2.26. The van der Waals surface area contributed by atoms with Gasteiger partial charge in [-0.1, -0.05) is 13.8 Å². The van der Waals surface area contributed by atoms with E-state index in [-0.39, 0.29) is 0 Å². The van der Waals surface area contributed by atoms with Crippen molar-refractivity contribution < 1.29 is 5.11 Å². The van der Waals surface area contributed by atoms with Crippen LogP contribution in [0.3, 0.4) is 0 Å². The molecule has 1 atom stereocenters. The zero-order valence-corrected chi connectivity index (χ0v) is 11.3. The molecule has 0 amide bonds. The van der Waals surface area contributed by atoms with Crippen molar-refractivity contribution in [2.45, 2.75) is 33.2 Å². The third-order valence-electron chi connectivity index (χ3n) is 3.00. The number of nitrogens with zero attached hydrogens (tertiary/aromatic N) is 1. The van der Waals surface area contributed by atoms with E-state index in [9.17, 15) is 0 Å². The van der Waals surface area contributed by atoms with Gasteiger partial charge in [0.25, 0.3) is 0 Å². The van der Waals surface area contributed by atoms with Gasteiger partial charge < -0.3 is 15.0 Å². The molecule has 2 N–H and O–H groups in total. The fourth-order valence-corrected chi connectivity index (χ4v) is 2.24. The number of aliphatic hydroxyl groups is 1. The van der Waals surface area contributed by atoms with Crippen LogP contribution in [0.25, 0.3) is 0 Å². The summed E-state index contributed by atoms with van der Waals surface area (Å²) in [5.74, 6) is 1.29. The summed E-state index contributed by atoms with van der Waals surface area (Å²) >= 11 is 0. The lowest BCUT2D eigenvalue weighted by atomic mass is 9.94. The molecule has 0 aromatic carbocycles. The average Bonchev–Trinajstić information content (AvgIpc) is 2.63. The predicted molar refractivity (Wildman–Crippen MR) is 71.8 cm³/mol. The van der Waals surface area contributed by atoms with Crippen molar-refractivity contribution in [3.05, 3.63) is 24.0 Å². The standard InChI is InChI=1S/C14H26N2O/c1-12(2)8-13(5-7-17)9-15-10-14-4-6-16(3)11-14/h4,6,11-13,15,17H,5,7-10H2,1-3H3. The first kappa shape index (κ1) is 14.3. The predicted octanol–water partition coefficient (Wildman–Crippen LogP) is 2.16. The van der Waals surface area contributed by atoms with Crippen LogP contribution in [0.2, 0.25) is 0 Å². The molecule has 1 unspecified atom stereocenters. The SMILES string of the molecule is CC(C)CC(CCO)CNCc1ccn(C)c1. The van der Waals surface area contributed by atoms with E-state index in [1.165, 1.54) is 12.0 Å². The average molecular weight is 238 g/mol. The van der Waals surface area contributed by atoms with E-state index in [2.05, 4.69) is 42.2 Å². The van der Waals surface area contributed by atoms with Crippen LogP contribution in [0.15, 0.2) is 18.5 Å². The summed E-state index contributed by atoms with van der Waals surface area (Å²) in [6.07, 6.45) is 6.29. The van der Waals surface area contributed by atoms with E-state index in [4.69, 9.17) is 5.11 Å². The number of hydrogen-bond donors (Lipinski definition) is 2. The van der Waals surface area contributed by atoms with Gasteiger partial charge >= 0.3 is 0 Å². The molecule has 0 fully saturated rings. The highest BCUT2D eigenvalue weighted by molar-refractivity contribution is 5.09. The quantitative estimate of drug-likeness (QED) is 0.728. The van der Waals surface area contributed by atoms with Gasteiger partial charge in [-0.3, -0.25) is 0 Å². The molecule has 0 spiro atoms. The maximum absolute atomic E-state index is 9.04. The molecule has 0 saturated carbocycles. The molecule has 17 heavy (non-hydrogen) atoms. The minimum absolute atomic E-state index is 0.296. The van der Waals surface area contributed by atoms with Gasteiger partial charge in [-0.25, -0.2) is 0 Å². The number of aryl methyl sites for hydroxylation is 1. The maximum atomic E-state index is 9.04. The molecule has 0 aliphatic heterocycles. The number of nitrogens with one attached hydrogen (secondary N) is 1. The Morgan fingerprint density at radius 2 is 2.18 bits per heavy atom. The zero-order valence-electron chi connectivity index (χ0n) is 11.3. The highest BCUT2D eigenvalue weighted by Gasteiger charge is 2.10. The molecular formula is C14H26N2O. The molecule has 0 aliphatic rings. The number of rotatable bonds is 8. The summed E-state index contributed by atoms with van der Waals surface area (Å²) in [5, 5.41) is 12.5. The summed E-state index contributed by atoms with van der Waals surface area (Å²) in [6.45, 7) is 6.68. The molecule has 1 aromatic heterocycles. The fourth-order valence-electron chi connectivity index (χ4n) is 2.24. The highest BCUT2D eigenvalue weighted by atomic mass is 16.3. The van der Waals surface area contributed by atoms with Gasteiger partial charge in [-0.05, 0) is 42.9 Å². The van der Waals surface area contributed by atoms with E-state index >= 15 is 0 Å². The first-order chi connectivity index (χ1) is 8.11. The minimum Gasteiger partial charge on any atom is -0.396 e. The van der Waals surface area contributed by atoms with Crippen molar-refractivity contribution in [2.75, 3.05) is 13.2 Å². The van der Waals surface area contributed by atoms with E-state index < -0.39 is 0 Å². The van der Waals surface area contributed by atoms with Crippen LogP contribution in [0.1, 0.15) is 32.3 Å². The van der Waals surface area contributed by atoms with Gasteiger partial charge in [0, 0.05) is 32.6 Å². The lowest BCUT2D eigenvalue weighted by Gasteiger charge is -2.18. The van der Waals surface area contributed by atoms with E-state index in [0.717, 1.165) is 19.5 Å². The molecule has 0 radical (unpaired) electrons. The summed E-state index contributed by atoms with van der Waals surface area (Å²) in [6, 6.07) is 2.14. The molecule has 3 nitrogen and oxygen atoms in total. The van der Waals surface area contributed by atoms with Gasteiger partial charge in [0.05, 0.1) is 0 Å². The Morgan fingerprint density at radius 1 is 1.41 bits per heavy atom. The summed E-state index contributed by atoms with van der Waals surface area (Å²) < 4.78 is 2.07. The zero-order chi connectivity index (χ0) is 12.7. The Labute approximate surface area is 105 Å². The van der Waals surface area contributed by atoms with Crippen LogP contribution in [0.5, 0.6) is 0 Å². The molecular weight excluding hydrogens is 212 g/mol. The molecule has 1 aromatic rings. The number of hydrogen-bond acceptors (Lipinski definition) is 2.